The van der Waals surface area contributed by atoms with Gasteiger partial charge in [-0.1, -0.05) is 27.7 Å². The molecule has 1 heterocycles. The molecule has 0 aliphatic carbocycles. The molecule has 2 atom stereocenters. The fourth-order valence-electron chi connectivity index (χ4n) is 2.65. The first kappa shape index (κ1) is 13.5. The van der Waals surface area contributed by atoms with E-state index in [2.05, 4.69) is 18.7 Å². The number of hydrogen-bond acceptors (Lipinski definition) is 2. The highest BCUT2D eigenvalue weighted by Gasteiger charge is 2.39. The van der Waals surface area contributed by atoms with Gasteiger partial charge in [0.25, 0.3) is 0 Å². The Bertz CT molecular complexity index is 238. The average molecular weight is 227 g/mol. The van der Waals surface area contributed by atoms with Crippen molar-refractivity contribution in [2.24, 2.45) is 17.3 Å². The molecule has 2 unspecified atom stereocenters. The largest absolute Gasteiger partial charge is 0.481 e. The minimum atomic E-state index is -0.635. The summed E-state index contributed by atoms with van der Waals surface area (Å²) in [5, 5.41) is 9.39. The topological polar surface area (TPSA) is 40.5 Å². The molecule has 1 aliphatic rings. The van der Waals surface area contributed by atoms with Crippen LogP contribution in [0.15, 0.2) is 0 Å². The monoisotopic (exact) mass is 227 g/mol. The summed E-state index contributed by atoms with van der Waals surface area (Å²) in [5.74, 6) is 0.755. The molecule has 0 saturated carbocycles. The quantitative estimate of drug-likeness (QED) is 0.784. The Morgan fingerprint density at radius 1 is 1.25 bits per heavy atom. The average Bonchev–Trinajstić information content (AvgIpc) is 2.54. The second-order valence-corrected chi connectivity index (χ2v) is 5.44. The Morgan fingerprint density at radius 3 is 2.00 bits per heavy atom. The maximum absolute atomic E-state index is 11.4. The Hall–Kier alpha value is -0.570. The van der Waals surface area contributed by atoms with Crippen LogP contribution in [0.5, 0.6) is 0 Å². The summed E-state index contributed by atoms with van der Waals surface area (Å²) in [5.41, 5.74) is -0.538. The predicted octanol–water partition coefficient (Wildman–Crippen LogP) is 2.47. The van der Waals surface area contributed by atoms with Crippen molar-refractivity contribution in [3.05, 3.63) is 0 Å². The zero-order valence-corrected chi connectivity index (χ0v) is 11.0. The van der Waals surface area contributed by atoms with Gasteiger partial charge in [0.1, 0.15) is 0 Å². The van der Waals surface area contributed by atoms with Crippen molar-refractivity contribution in [3.8, 4) is 0 Å². The number of rotatable bonds is 5. The number of hydrogen-bond donors (Lipinski definition) is 1. The van der Waals surface area contributed by atoms with Crippen LogP contribution in [0.3, 0.4) is 0 Å². The molecule has 0 aromatic carbocycles. The van der Waals surface area contributed by atoms with Crippen molar-refractivity contribution >= 4 is 5.97 Å². The van der Waals surface area contributed by atoms with Gasteiger partial charge in [-0.3, -0.25) is 4.79 Å². The van der Waals surface area contributed by atoms with E-state index >= 15 is 0 Å². The van der Waals surface area contributed by atoms with Crippen LogP contribution >= 0.6 is 0 Å². The van der Waals surface area contributed by atoms with E-state index in [1.165, 1.54) is 0 Å². The van der Waals surface area contributed by atoms with E-state index < -0.39 is 11.4 Å². The van der Waals surface area contributed by atoms with Gasteiger partial charge in [0.05, 0.1) is 5.41 Å². The molecule has 0 amide bonds. The Labute approximate surface area is 98.8 Å². The number of carboxylic acid groups (broad SMARTS) is 1. The van der Waals surface area contributed by atoms with Crippen LogP contribution in [0.4, 0.5) is 0 Å². The van der Waals surface area contributed by atoms with Crippen molar-refractivity contribution < 1.29 is 9.90 Å². The highest BCUT2D eigenvalue weighted by molar-refractivity contribution is 5.74. The van der Waals surface area contributed by atoms with Gasteiger partial charge in [-0.2, -0.15) is 0 Å². The van der Waals surface area contributed by atoms with Gasteiger partial charge in [-0.15, -0.1) is 0 Å². The molecule has 0 bridgehead atoms. The van der Waals surface area contributed by atoms with Gasteiger partial charge in [0.15, 0.2) is 0 Å². The van der Waals surface area contributed by atoms with Gasteiger partial charge in [-0.05, 0) is 24.7 Å². The first-order valence-electron chi connectivity index (χ1n) is 6.41. The summed E-state index contributed by atoms with van der Waals surface area (Å²) >= 11 is 0. The van der Waals surface area contributed by atoms with Gasteiger partial charge < -0.3 is 10.0 Å². The van der Waals surface area contributed by atoms with Gasteiger partial charge in [-0.25, -0.2) is 0 Å². The summed E-state index contributed by atoms with van der Waals surface area (Å²) in [4.78, 5) is 13.7. The lowest BCUT2D eigenvalue weighted by molar-refractivity contribution is -0.150. The number of aliphatic carboxylic acids is 1. The predicted molar refractivity (Wildman–Crippen MR) is 65.4 cm³/mol. The van der Waals surface area contributed by atoms with E-state index in [0.29, 0.717) is 18.4 Å². The third-order valence-electron chi connectivity index (χ3n) is 4.40. The van der Waals surface area contributed by atoms with Crippen LogP contribution in [-0.2, 0) is 4.79 Å². The molecule has 0 aromatic rings. The van der Waals surface area contributed by atoms with Crippen LogP contribution in [0.1, 0.15) is 40.5 Å². The minimum absolute atomic E-state index is 0.538. The zero-order valence-electron chi connectivity index (χ0n) is 11.0. The fraction of sp³-hybridized carbons (Fsp3) is 0.923. The molecule has 3 nitrogen and oxygen atoms in total. The molecule has 94 valence electrons. The molecule has 1 rings (SSSR count). The Kier molecular flexibility index (Phi) is 4.36. The Morgan fingerprint density at radius 2 is 1.69 bits per heavy atom. The first-order valence-corrected chi connectivity index (χ1v) is 6.41. The van der Waals surface area contributed by atoms with Crippen LogP contribution < -0.4 is 0 Å². The number of likely N-dealkylation sites (tertiary alicyclic amines) is 1. The standard InChI is InChI=1S/C13H25NO2/c1-5-13(6-2,12(15)16)9-14-7-10(3)11(4)8-14/h10-11H,5-9H2,1-4H3,(H,15,16). The first-order chi connectivity index (χ1) is 7.45. The van der Waals surface area contributed by atoms with Crippen molar-refractivity contribution in [2.45, 2.75) is 40.5 Å². The lowest BCUT2D eigenvalue weighted by atomic mass is 9.82. The van der Waals surface area contributed by atoms with E-state index in [1.807, 2.05) is 13.8 Å². The summed E-state index contributed by atoms with van der Waals surface area (Å²) in [6.07, 6.45) is 1.44. The van der Waals surface area contributed by atoms with Crippen LogP contribution in [0.25, 0.3) is 0 Å². The second-order valence-electron chi connectivity index (χ2n) is 5.44. The Balaban J connectivity index is 2.67. The summed E-state index contributed by atoms with van der Waals surface area (Å²) in [6, 6.07) is 0. The molecule has 1 aliphatic heterocycles. The molecule has 1 saturated heterocycles. The lowest BCUT2D eigenvalue weighted by Crippen LogP contribution is -2.41. The molecule has 3 heteroatoms. The van der Waals surface area contributed by atoms with Crippen molar-refractivity contribution in [1.82, 2.24) is 4.90 Å². The molecule has 0 radical (unpaired) electrons. The molecule has 0 spiro atoms. The second kappa shape index (κ2) is 5.17. The highest BCUT2D eigenvalue weighted by Crippen LogP contribution is 2.31. The lowest BCUT2D eigenvalue weighted by Gasteiger charge is -2.31. The van der Waals surface area contributed by atoms with E-state index in [0.717, 1.165) is 25.9 Å². The maximum Gasteiger partial charge on any atom is 0.310 e. The van der Waals surface area contributed by atoms with Crippen molar-refractivity contribution in [2.75, 3.05) is 19.6 Å². The summed E-state index contributed by atoms with van der Waals surface area (Å²) in [7, 11) is 0. The third kappa shape index (κ3) is 2.57. The van der Waals surface area contributed by atoms with Gasteiger partial charge in [0, 0.05) is 19.6 Å². The third-order valence-corrected chi connectivity index (χ3v) is 4.40. The highest BCUT2D eigenvalue weighted by atomic mass is 16.4. The van der Waals surface area contributed by atoms with E-state index in [4.69, 9.17) is 0 Å². The molecule has 1 N–H and O–H groups in total. The van der Waals surface area contributed by atoms with Gasteiger partial charge in [0.2, 0.25) is 0 Å². The number of nitrogens with zero attached hydrogens (tertiary/aromatic N) is 1. The van der Waals surface area contributed by atoms with Crippen LogP contribution in [-0.4, -0.2) is 35.6 Å². The normalized spacial score (nSPS) is 27.2. The number of carboxylic acids is 1. The SMILES string of the molecule is CCC(CC)(CN1CC(C)C(C)C1)C(=O)O. The molecular formula is C13H25NO2. The molecular weight excluding hydrogens is 202 g/mol. The summed E-state index contributed by atoms with van der Waals surface area (Å²) in [6.45, 7) is 11.3. The van der Waals surface area contributed by atoms with Crippen molar-refractivity contribution in [3.63, 3.8) is 0 Å². The van der Waals surface area contributed by atoms with E-state index in [-0.39, 0.29) is 0 Å². The van der Waals surface area contributed by atoms with Crippen LogP contribution in [0.2, 0.25) is 0 Å². The molecule has 1 fully saturated rings. The van der Waals surface area contributed by atoms with Crippen LogP contribution in [0, 0.1) is 17.3 Å². The molecule has 0 aromatic heterocycles. The minimum Gasteiger partial charge on any atom is -0.481 e. The fourth-order valence-corrected chi connectivity index (χ4v) is 2.65. The van der Waals surface area contributed by atoms with Crippen molar-refractivity contribution in [1.29, 1.82) is 0 Å². The zero-order chi connectivity index (χ0) is 12.3. The number of carbonyl (C=O) groups is 1. The van der Waals surface area contributed by atoms with E-state index in [1.54, 1.807) is 0 Å². The maximum atomic E-state index is 11.4. The smallest absolute Gasteiger partial charge is 0.310 e. The molecule has 16 heavy (non-hydrogen) atoms. The van der Waals surface area contributed by atoms with Gasteiger partial charge >= 0.3 is 5.97 Å². The van der Waals surface area contributed by atoms with E-state index in [9.17, 15) is 9.90 Å². The summed E-state index contributed by atoms with van der Waals surface area (Å²) < 4.78 is 0.